The van der Waals surface area contributed by atoms with Gasteiger partial charge in [-0.05, 0) is 58.1 Å². The van der Waals surface area contributed by atoms with Crippen LogP contribution < -0.4 is 19.5 Å². The van der Waals surface area contributed by atoms with E-state index in [1.807, 2.05) is 20.8 Å². The summed E-state index contributed by atoms with van der Waals surface area (Å²) in [5.74, 6) is 1.98. The van der Waals surface area contributed by atoms with Crippen LogP contribution in [-0.4, -0.2) is 30.7 Å². The first-order chi connectivity index (χ1) is 13.5. The number of aryl methyl sites for hydroxylation is 1. The Morgan fingerprint density at radius 1 is 1.14 bits per heavy atom. The van der Waals surface area contributed by atoms with Gasteiger partial charge in [-0.15, -0.1) is 11.3 Å². The molecule has 28 heavy (non-hydrogen) atoms. The van der Waals surface area contributed by atoms with Crippen LogP contribution in [0.1, 0.15) is 55.0 Å². The van der Waals surface area contributed by atoms with Crippen molar-refractivity contribution in [2.75, 3.05) is 25.1 Å². The third-order valence-corrected chi connectivity index (χ3v) is 5.61. The molecule has 2 aromatic rings. The topological polar surface area (TPSA) is 69.7 Å². The monoisotopic (exact) mass is 404 g/mol. The summed E-state index contributed by atoms with van der Waals surface area (Å²) in [7, 11) is 0. The van der Waals surface area contributed by atoms with Gasteiger partial charge in [-0.25, -0.2) is 4.98 Å². The molecule has 0 unspecified atom stereocenters. The molecule has 152 valence electrons. The Bertz CT molecular complexity index is 807. The number of nitrogens with one attached hydrogen (secondary N) is 1. The van der Waals surface area contributed by atoms with Crippen LogP contribution in [0.15, 0.2) is 12.1 Å². The Balaban J connectivity index is 1.86. The lowest BCUT2D eigenvalue weighted by Crippen LogP contribution is -2.13. The molecule has 0 aliphatic heterocycles. The van der Waals surface area contributed by atoms with Gasteiger partial charge in [0.25, 0.3) is 5.91 Å². The lowest BCUT2D eigenvalue weighted by molar-refractivity contribution is 0.102. The van der Waals surface area contributed by atoms with Crippen molar-refractivity contribution in [2.45, 2.75) is 47.0 Å². The van der Waals surface area contributed by atoms with Crippen molar-refractivity contribution in [1.82, 2.24) is 4.98 Å². The normalized spacial score (nSPS) is 15.6. The molecular formula is C21H28N2O4S. The second-order valence-corrected chi connectivity index (χ2v) is 7.88. The molecular weight excluding hydrogens is 376 g/mol. The number of thiazole rings is 1. The first-order valence-electron chi connectivity index (χ1n) is 9.91. The van der Waals surface area contributed by atoms with E-state index in [0.29, 0.717) is 53.7 Å². The van der Waals surface area contributed by atoms with Gasteiger partial charge in [0, 0.05) is 10.4 Å². The van der Waals surface area contributed by atoms with Crippen LogP contribution in [-0.2, 0) is 12.8 Å². The van der Waals surface area contributed by atoms with Crippen molar-refractivity contribution in [1.29, 1.82) is 0 Å². The summed E-state index contributed by atoms with van der Waals surface area (Å²) in [6.45, 7) is 9.35. The first-order valence-corrected chi connectivity index (χ1v) is 10.7. The largest absolute Gasteiger partial charge is 0.490 e. The fraction of sp³-hybridized carbons (Fsp3) is 0.524. The van der Waals surface area contributed by atoms with E-state index in [2.05, 4.69) is 17.2 Å². The molecule has 0 saturated carbocycles. The van der Waals surface area contributed by atoms with Crippen molar-refractivity contribution in [3.8, 4) is 17.2 Å². The summed E-state index contributed by atoms with van der Waals surface area (Å²) in [5, 5.41) is 3.58. The smallest absolute Gasteiger partial charge is 0.257 e. The van der Waals surface area contributed by atoms with E-state index in [-0.39, 0.29) is 5.91 Å². The zero-order valence-corrected chi connectivity index (χ0v) is 17.8. The molecule has 1 heterocycles. The number of ether oxygens (including phenoxy) is 3. The van der Waals surface area contributed by atoms with E-state index in [1.54, 1.807) is 23.5 Å². The molecule has 1 aromatic heterocycles. The molecule has 3 rings (SSSR count). The zero-order chi connectivity index (χ0) is 20.1. The first kappa shape index (κ1) is 20.5. The average Bonchev–Trinajstić information content (AvgIpc) is 3.05. The summed E-state index contributed by atoms with van der Waals surface area (Å²) < 4.78 is 17.1. The van der Waals surface area contributed by atoms with Gasteiger partial charge in [-0.2, -0.15) is 0 Å². The van der Waals surface area contributed by atoms with Crippen LogP contribution in [0.4, 0.5) is 5.13 Å². The maximum Gasteiger partial charge on any atom is 0.257 e. The van der Waals surface area contributed by atoms with Gasteiger partial charge in [0.1, 0.15) is 0 Å². The Kier molecular flexibility index (Phi) is 6.78. The minimum absolute atomic E-state index is 0.232. The predicted octanol–water partition coefficient (Wildman–Crippen LogP) is 4.72. The number of carbonyl (C=O) groups is 1. The highest BCUT2D eigenvalue weighted by Crippen LogP contribution is 2.39. The molecule has 1 amide bonds. The summed E-state index contributed by atoms with van der Waals surface area (Å²) >= 11 is 1.57. The Hall–Kier alpha value is -2.28. The van der Waals surface area contributed by atoms with Crippen molar-refractivity contribution < 1.29 is 19.0 Å². The van der Waals surface area contributed by atoms with Gasteiger partial charge in [0.05, 0.1) is 25.5 Å². The number of rotatable bonds is 8. The number of hydrogen-bond acceptors (Lipinski definition) is 6. The predicted molar refractivity (Wildman–Crippen MR) is 111 cm³/mol. The molecule has 1 aromatic carbocycles. The fourth-order valence-corrected chi connectivity index (χ4v) is 4.45. The van der Waals surface area contributed by atoms with Gasteiger partial charge in [0.15, 0.2) is 16.6 Å². The molecule has 0 saturated heterocycles. The highest BCUT2D eigenvalue weighted by molar-refractivity contribution is 7.15. The van der Waals surface area contributed by atoms with E-state index in [0.717, 1.165) is 25.0 Å². The number of nitrogens with zero attached hydrogens (tertiary/aromatic N) is 1. The Labute approximate surface area is 170 Å². The van der Waals surface area contributed by atoms with Gasteiger partial charge < -0.3 is 14.2 Å². The van der Waals surface area contributed by atoms with E-state index in [9.17, 15) is 4.79 Å². The summed E-state index contributed by atoms with van der Waals surface area (Å²) in [6.07, 6.45) is 3.17. The van der Waals surface area contributed by atoms with Gasteiger partial charge in [0.2, 0.25) is 5.75 Å². The van der Waals surface area contributed by atoms with E-state index in [1.165, 1.54) is 4.88 Å². The number of aromatic nitrogens is 1. The maximum atomic E-state index is 12.9. The zero-order valence-electron chi connectivity index (χ0n) is 17.0. The summed E-state index contributed by atoms with van der Waals surface area (Å²) in [6, 6.07) is 3.39. The SMILES string of the molecule is CCOc1cc(C(=O)Nc2nc3c(s2)C[C@H](C)CC3)cc(OCC)c1OCC. The van der Waals surface area contributed by atoms with E-state index < -0.39 is 0 Å². The van der Waals surface area contributed by atoms with Gasteiger partial charge in [-0.3, -0.25) is 10.1 Å². The van der Waals surface area contributed by atoms with Crippen LogP contribution >= 0.6 is 11.3 Å². The van der Waals surface area contributed by atoms with Crippen molar-refractivity contribution in [3.05, 3.63) is 28.3 Å². The van der Waals surface area contributed by atoms with Gasteiger partial charge >= 0.3 is 0 Å². The minimum atomic E-state index is -0.232. The lowest BCUT2D eigenvalue weighted by atomic mass is 9.93. The molecule has 1 atom stereocenters. The molecule has 7 heteroatoms. The number of fused-ring (bicyclic) bond motifs is 1. The summed E-state index contributed by atoms with van der Waals surface area (Å²) in [5.41, 5.74) is 1.58. The fourth-order valence-electron chi connectivity index (χ4n) is 3.28. The molecule has 6 nitrogen and oxygen atoms in total. The van der Waals surface area contributed by atoms with Crippen molar-refractivity contribution in [3.63, 3.8) is 0 Å². The van der Waals surface area contributed by atoms with E-state index >= 15 is 0 Å². The highest BCUT2D eigenvalue weighted by Gasteiger charge is 2.22. The van der Waals surface area contributed by atoms with Crippen LogP contribution in [0.5, 0.6) is 17.2 Å². The number of benzene rings is 1. The van der Waals surface area contributed by atoms with Crippen LogP contribution in [0.25, 0.3) is 0 Å². The Morgan fingerprint density at radius 2 is 1.79 bits per heavy atom. The highest BCUT2D eigenvalue weighted by atomic mass is 32.1. The molecule has 0 spiro atoms. The third-order valence-electron chi connectivity index (χ3n) is 4.58. The Morgan fingerprint density at radius 3 is 2.39 bits per heavy atom. The molecule has 1 N–H and O–H groups in total. The average molecular weight is 405 g/mol. The number of amides is 1. The summed E-state index contributed by atoms with van der Waals surface area (Å²) in [4.78, 5) is 18.8. The van der Waals surface area contributed by atoms with Crippen molar-refractivity contribution in [2.24, 2.45) is 5.92 Å². The van der Waals surface area contributed by atoms with Crippen LogP contribution in [0, 0.1) is 5.92 Å². The molecule has 0 fully saturated rings. The van der Waals surface area contributed by atoms with Crippen molar-refractivity contribution >= 4 is 22.4 Å². The van der Waals surface area contributed by atoms with Gasteiger partial charge in [-0.1, -0.05) is 6.92 Å². The second kappa shape index (κ2) is 9.28. The quantitative estimate of drug-likeness (QED) is 0.690. The standard InChI is InChI=1S/C21H28N2O4S/c1-5-25-16-11-14(12-17(26-6-2)19(16)27-7-3)20(24)23-21-22-15-9-8-13(4)10-18(15)28-21/h11-13H,5-10H2,1-4H3,(H,22,23,24)/t13-/m1/s1. The molecule has 1 aliphatic carbocycles. The second-order valence-electron chi connectivity index (χ2n) is 6.79. The minimum Gasteiger partial charge on any atom is -0.490 e. The molecule has 0 bridgehead atoms. The van der Waals surface area contributed by atoms with Crippen LogP contribution in [0.3, 0.4) is 0 Å². The van der Waals surface area contributed by atoms with E-state index in [4.69, 9.17) is 14.2 Å². The molecule has 0 radical (unpaired) electrons. The third kappa shape index (κ3) is 4.58. The molecule has 1 aliphatic rings. The van der Waals surface area contributed by atoms with Crippen LogP contribution in [0.2, 0.25) is 0 Å². The number of anilines is 1. The lowest BCUT2D eigenvalue weighted by Gasteiger charge is -2.16. The maximum absolute atomic E-state index is 12.9. The number of hydrogen-bond donors (Lipinski definition) is 1. The number of carbonyl (C=O) groups excluding carboxylic acids is 1.